The number of carbonyl (C=O) groups is 1. The number of rotatable bonds is 15. The number of amides is 1. The molecule has 2 atom stereocenters. The number of likely N-dealkylation sites (N-methyl/N-ethyl adjacent to an activating group) is 1. The van der Waals surface area contributed by atoms with Gasteiger partial charge in [0.25, 0.3) is 5.91 Å². The summed E-state index contributed by atoms with van der Waals surface area (Å²) in [5.74, 6) is 0.0931. The van der Waals surface area contributed by atoms with Gasteiger partial charge in [-0.15, -0.1) is 0 Å². The van der Waals surface area contributed by atoms with E-state index >= 15 is 0 Å². The fraction of sp³-hybridized carbons (Fsp3) is 0.950. The van der Waals surface area contributed by atoms with Crippen molar-refractivity contribution in [3.63, 3.8) is 0 Å². The molecule has 0 spiro atoms. The standard InChI is InChI=1S/C20H39NO2/c1-4-6-7-8-9-10-11-12-13-14-15-16-17-20(18(3)23-20)19(22)21-5-2/h18H,4-17H2,1-3H3,(H,21,22). The molecule has 1 heterocycles. The molecule has 1 rings (SSSR count). The second-order valence-corrected chi connectivity index (χ2v) is 7.15. The molecule has 2 unspecified atom stereocenters. The molecule has 23 heavy (non-hydrogen) atoms. The lowest BCUT2D eigenvalue weighted by molar-refractivity contribution is -0.126. The van der Waals surface area contributed by atoms with Crippen LogP contribution in [-0.2, 0) is 9.53 Å². The lowest BCUT2D eigenvalue weighted by Crippen LogP contribution is -2.38. The van der Waals surface area contributed by atoms with Crippen molar-refractivity contribution < 1.29 is 9.53 Å². The van der Waals surface area contributed by atoms with Crippen molar-refractivity contribution in [3.05, 3.63) is 0 Å². The van der Waals surface area contributed by atoms with E-state index in [9.17, 15) is 4.79 Å². The van der Waals surface area contributed by atoms with Crippen LogP contribution in [0.5, 0.6) is 0 Å². The minimum absolute atomic E-state index is 0.0931. The zero-order valence-corrected chi connectivity index (χ0v) is 15.8. The highest BCUT2D eigenvalue weighted by Crippen LogP contribution is 2.41. The Bertz CT molecular complexity index is 319. The number of epoxide rings is 1. The van der Waals surface area contributed by atoms with Gasteiger partial charge < -0.3 is 10.1 Å². The van der Waals surface area contributed by atoms with Crippen molar-refractivity contribution in [3.8, 4) is 0 Å². The minimum atomic E-state index is -0.492. The molecule has 136 valence electrons. The van der Waals surface area contributed by atoms with Crippen LogP contribution in [0.25, 0.3) is 0 Å². The average Bonchev–Trinajstić information content (AvgIpc) is 3.20. The highest BCUT2D eigenvalue weighted by Gasteiger charge is 2.58. The molecule has 3 nitrogen and oxygen atoms in total. The summed E-state index contributed by atoms with van der Waals surface area (Å²) in [6.07, 6.45) is 17.2. The van der Waals surface area contributed by atoms with Gasteiger partial charge in [0, 0.05) is 6.54 Å². The third-order valence-electron chi connectivity index (χ3n) is 5.11. The number of nitrogens with one attached hydrogen (secondary N) is 1. The van der Waals surface area contributed by atoms with E-state index in [1.54, 1.807) is 0 Å². The summed E-state index contributed by atoms with van der Waals surface area (Å²) in [7, 11) is 0. The highest BCUT2D eigenvalue weighted by atomic mass is 16.6. The Balaban J connectivity index is 1.91. The largest absolute Gasteiger partial charge is 0.356 e. The maximum Gasteiger partial charge on any atom is 0.254 e. The van der Waals surface area contributed by atoms with Crippen molar-refractivity contribution >= 4 is 5.91 Å². The summed E-state index contributed by atoms with van der Waals surface area (Å²) >= 11 is 0. The van der Waals surface area contributed by atoms with Crippen LogP contribution < -0.4 is 5.32 Å². The number of hydrogen-bond donors (Lipinski definition) is 1. The summed E-state index contributed by atoms with van der Waals surface area (Å²) in [6.45, 7) is 6.93. The smallest absolute Gasteiger partial charge is 0.254 e. The number of hydrogen-bond acceptors (Lipinski definition) is 2. The van der Waals surface area contributed by atoms with Crippen LogP contribution in [0.4, 0.5) is 0 Å². The van der Waals surface area contributed by atoms with Crippen LogP contribution in [0.3, 0.4) is 0 Å². The fourth-order valence-corrected chi connectivity index (χ4v) is 3.43. The molecule has 0 aromatic carbocycles. The predicted octanol–water partition coefficient (Wildman–Crippen LogP) is 5.37. The van der Waals surface area contributed by atoms with Crippen LogP contribution >= 0.6 is 0 Å². The molecule has 0 aliphatic carbocycles. The maximum absolute atomic E-state index is 12.0. The topological polar surface area (TPSA) is 41.6 Å². The Morgan fingerprint density at radius 3 is 1.70 bits per heavy atom. The van der Waals surface area contributed by atoms with E-state index in [2.05, 4.69) is 12.2 Å². The maximum atomic E-state index is 12.0. The van der Waals surface area contributed by atoms with Gasteiger partial charge in [-0.25, -0.2) is 0 Å². The lowest BCUT2D eigenvalue weighted by atomic mass is 9.96. The van der Waals surface area contributed by atoms with Crippen LogP contribution in [0.1, 0.15) is 104 Å². The first-order chi connectivity index (χ1) is 11.2. The van der Waals surface area contributed by atoms with Gasteiger partial charge in [-0.1, -0.05) is 77.6 Å². The predicted molar refractivity (Wildman–Crippen MR) is 97.7 cm³/mol. The SMILES string of the molecule is CCCCCCCCCCCCCCC1(C(=O)NCC)OC1C. The molecule has 0 saturated carbocycles. The van der Waals surface area contributed by atoms with Gasteiger partial charge in [-0.05, 0) is 26.7 Å². The first-order valence-electron chi connectivity index (χ1n) is 10.1. The summed E-state index contributed by atoms with van der Waals surface area (Å²) in [5.41, 5.74) is -0.492. The van der Waals surface area contributed by atoms with Gasteiger partial charge in [-0.3, -0.25) is 4.79 Å². The summed E-state index contributed by atoms with van der Waals surface area (Å²) < 4.78 is 5.61. The van der Waals surface area contributed by atoms with Crippen LogP contribution in [-0.4, -0.2) is 24.2 Å². The van der Waals surface area contributed by atoms with E-state index in [0.29, 0.717) is 6.54 Å². The molecule has 1 N–H and O–H groups in total. The van der Waals surface area contributed by atoms with Gasteiger partial charge in [-0.2, -0.15) is 0 Å². The quantitative estimate of drug-likeness (QED) is 0.325. The Kier molecular flexibility index (Phi) is 10.6. The Morgan fingerprint density at radius 2 is 1.30 bits per heavy atom. The van der Waals surface area contributed by atoms with Gasteiger partial charge >= 0.3 is 0 Å². The zero-order chi connectivity index (χ0) is 17.0. The summed E-state index contributed by atoms with van der Waals surface area (Å²) in [5, 5.41) is 2.91. The van der Waals surface area contributed by atoms with Crippen molar-refractivity contribution in [2.45, 2.75) is 116 Å². The van der Waals surface area contributed by atoms with E-state index in [0.717, 1.165) is 12.8 Å². The molecule has 1 fully saturated rings. The normalized spacial score (nSPS) is 23.0. The highest BCUT2D eigenvalue weighted by molar-refractivity contribution is 5.88. The van der Waals surface area contributed by atoms with E-state index < -0.39 is 5.60 Å². The summed E-state index contributed by atoms with van der Waals surface area (Å²) in [6, 6.07) is 0. The van der Waals surface area contributed by atoms with Gasteiger partial charge in [0.2, 0.25) is 0 Å². The molecule has 0 radical (unpaired) electrons. The van der Waals surface area contributed by atoms with Crippen LogP contribution in [0, 0.1) is 0 Å². The molecule has 0 aromatic heterocycles. The molecule has 3 heteroatoms. The molecule has 0 aromatic rings. The lowest BCUT2D eigenvalue weighted by Gasteiger charge is -2.12. The molecule has 0 bridgehead atoms. The summed E-state index contributed by atoms with van der Waals surface area (Å²) in [4.78, 5) is 12.0. The number of carbonyl (C=O) groups excluding carboxylic acids is 1. The van der Waals surface area contributed by atoms with Crippen LogP contribution in [0.15, 0.2) is 0 Å². The van der Waals surface area contributed by atoms with Crippen LogP contribution in [0.2, 0.25) is 0 Å². The van der Waals surface area contributed by atoms with Crippen molar-refractivity contribution in [1.29, 1.82) is 0 Å². The second kappa shape index (κ2) is 11.9. The molecule has 1 aliphatic rings. The van der Waals surface area contributed by atoms with Crippen molar-refractivity contribution in [2.24, 2.45) is 0 Å². The molecule has 1 amide bonds. The van der Waals surface area contributed by atoms with E-state index in [1.165, 1.54) is 70.6 Å². The number of unbranched alkanes of at least 4 members (excludes halogenated alkanes) is 11. The Morgan fingerprint density at radius 1 is 0.870 bits per heavy atom. The second-order valence-electron chi connectivity index (χ2n) is 7.15. The third kappa shape index (κ3) is 7.69. The number of ether oxygens (including phenoxy) is 1. The van der Waals surface area contributed by atoms with E-state index in [4.69, 9.17) is 4.74 Å². The minimum Gasteiger partial charge on any atom is -0.356 e. The van der Waals surface area contributed by atoms with E-state index in [1.807, 2.05) is 13.8 Å². The van der Waals surface area contributed by atoms with E-state index in [-0.39, 0.29) is 12.0 Å². The Hall–Kier alpha value is -0.570. The first kappa shape index (κ1) is 20.5. The van der Waals surface area contributed by atoms with Gasteiger partial charge in [0.1, 0.15) is 0 Å². The molecule has 1 saturated heterocycles. The zero-order valence-electron chi connectivity index (χ0n) is 15.8. The first-order valence-corrected chi connectivity index (χ1v) is 10.1. The van der Waals surface area contributed by atoms with Crippen molar-refractivity contribution in [1.82, 2.24) is 5.32 Å². The fourth-order valence-electron chi connectivity index (χ4n) is 3.43. The Labute approximate surface area is 143 Å². The monoisotopic (exact) mass is 325 g/mol. The molecular formula is C20H39NO2. The molecular weight excluding hydrogens is 286 g/mol. The average molecular weight is 326 g/mol. The van der Waals surface area contributed by atoms with Crippen molar-refractivity contribution in [2.75, 3.05) is 6.54 Å². The van der Waals surface area contributed by atoms with Gasteiger partial charge in [0.15, 0.2) is 5.60 Å². The third-order valence-corrected chi connectivity index (χ3v) is 5.11. The van der Waals surface area contributed by atoms with Gasteiger partial charge in [0.05, 0.1) is 6.10 Å². The molecule has 1 aliphatic heterocycles.